The van der Waals surface area contributed by atoms with Crippen molar-refractivity contribution >= 4 is 34.3 Å². The van der Waals surface area contributed by atoms with Crippen LogP contribution in [-0.4, -0.2) is 16.9 Å². The number of amides is 1. The molecule has 0 bridgehead atoms. The SMILES string of the molecule is NC(Cc1c[nH]c2ccccc12)C(=O)Nc1cc(C(F)(F)F)cc2c1Cc1ccccc1S2. The van der Waals surface area contributed by atoms with E-state index in [2.05, 4.69) is 10.3 Å². The standard InChI is InChI=1S/C25H20F3N3OS/c26-25(27,28)16-11-21(18-9-14-5-1-4-8-22(14)33-23(18)12-16)31-24(32)19(29)10-15-13-30-20-7-3-2-6-17(15)20/h1-8,11-13,19,30H,9-10,29H2,(H,31,32). The molecule has 1 aliphatic heterocycles. The summed E-state index contributed by atoms with van der Waals surface area (Å²) < 4.78 is 40.7. The number of para-hydroxylation sites is 1. The quantitative estimate of drug-likeness (QED) is 0.315. The average Bonchev–Trinajstić information content (AvgIpc) is 3.20. The van der Waals surface area contributed by atoms with Crippen molar-refractivity contribution in [3.8, 4) is 0 Å². The van der Waals surface area contributed by atoms with Gasteiger partial charge in [-0.25, -0.2) is 0 Å². The van der Waals surface area contributed by atoms with Gasteiger partial charge in [-0.1, -0.05) is 48.2 Å². The number of nitrogens with one attached hydrogen (secondary N) is 2. The highest BCUT2D eigenvalue weighted by atomic mass is 32.2. The van der Waals surface area contributed by atoms with Crippen molar-refractivity contribution in [1.29, 1.82) is 0 Å². The van der Waals surface area contributed by atoms with Crippen molar-refractivity contribution in [3.05, 3.63) is 89.1 Å². The van der Waals surface area contributed by atoms with E-state index < -0.39 is 23.7 Å². The fourth-order valence-electron chi connectivity index (χ4n) is 4.11. The van der Waals surface area contributed by atoms with Gasteiger partial charge in [0.05, 0.1) is 11.6 Å². The molecule has 1 aliphatic rings. The van der Waals surface area contributed by atoms with Gasteiger partial charge in [-0.2, -0.15) is 13.2 Å². The van der Waals surface area contributed by atoms with Crippen molar-refractivity contribution < 1.29 is 18.0 Å². The lowest BCUT2D eigenvalue weighted by molar-refractivity contribution is -0.137. The number of hydrogen-bond donors (Lipinski definition) is 3. The predicted molar refractivity (Wildman–Crippen MR) is 123 cm³/mol. The predicted octanol–water partition coefficient (Wildman–Crippen LogP) is 5.75. The Bertz CT molecular complexity index is 1360. The van der Waals surface area contributed by atoms with Crippen molar-refractivity contribution in [3.63, 3.8) is 0 Å². The minimum Gasteiger partial charge on any atom is -0.361 e. The molecule has 2 heterocycles. The number of carbonyl (C=O) groups is 1. The number of hydrogen-bond acceptors (Lipinski definition) is 3. The van der Waals surface area contributed by atoms with E-state index in [-0.39, 0.29) is 12.1 Å². The average molecular weight is 468 g/mol. The summed E-state index contributed by atoms with van der Waals surface area (Å²) in [4.78, 5) is 17.5. The van der Waals surface area contributed by atoms with Gasteiger partial charge >= 0.3 is 6.18 Å². The maximum atomic E-state index is 13.6. The van der Waals surface area contributed by atoms with Crippen LogP contribution in [0.5, 0.6) is 0 Å². The van der Waals surface area contributed by atoms with E-state index in [1.165, 1.54) is 11.8 Å². The molecule has 1 amide bonds. The highest BCUT2D eigenvalue weighted by Gasteiger charge is 2.34. The molecule has 0 radical (unpaired) electrons. The zero-order valence-electron chi connectivity index (χ0n) is 17.4. The molecule has 4 N–H and O–H groups in total. The van der Waals surface area contributed by atoms with Crippen LogP contribution in [0.3, 0.4) is 0 Å². The first-order valence-corrected chi connectivity index (χ1v) is 11.2. The number of carbonyl (C=O) groups excluding carboxylic acids is 1. The van der Waals surface area contributed by atoms with Crippen LogP contribution in [0.1, 0.15) is 22.3 Å². The second-order valence-electron chi connectivity index (χ2n) is 8.04. The van der Waals surface area contributed by atoms with E-state index in [0.717, 1.165) is 39.1 Å². The molecule has 4 nitrogen and oxygen atoms in total. The van der Waals surface area contributed by atoms with Gasteiger partial charge in [0.15, 0.2) is 0 Å². The summed E-state index contributed by atoms with van der Waals surface area (Å²) in [7, 11) is 0. The normalized spacial score (nSPS) is 13.9. The zero-order chi connectivity index (χ0) is 23.2. The molecule has 0 spiro atoms. The van der Waals surface area contributed by atoms with Crippen molar-refractivity contribution in [2.75, 3.05) is 5.32 Å². The molecule has 0 saturated carbocycles. The van der Waals surface area contributed by atoms with Crippen LogP contribution in [0.2, 0.25) is 0 Å². The lowest BCUT2D eigenvalue weighted by Gasteiger charge is -2.24. The summed E-state index contributed by atoms with van der Waals surface area (Å²) in [5.74, 6) is -0.523. The smallest absolute Gasteiger partial charge is 0.361 e. The Hall–Kier alpha value is -3.23. The molecule has 8 heteroatoms. The number of aromatic nitrogens is 1. The Kier molecular flexibility index (Phi) is 5.42. The number of halogens is 3. The Balaban J connectivity index is 1.44. The number of benzene rings is 3. The molecule has 168 valence electrons. The number of H-pyrrole nitrogens is 1. The van der Waals surface area contributed by atoms with Crippen LogP contribution in [-0.2, 0) is 23.8 Å². The van der Waals surface area contributed by atoms with E-state index in [9.17, 15) is 18.0 Å². The van der Waals surface area contributed by atoms with Gasteiger partial charge in [-0.05, 0) is 47.4 Å². The molecule has 5 rings (SSSR count). The molecule has 33 heavy (non-hydrogen) atoms. The third-order valence-corrected chi connectivity index (χ3v) is 7.01. The van der Waals surface area contributed by atoms with Gasteiger partial charge in [0.1, 0.15) is 0 Å². The third kappa shape index (κ3) is 4.24. The van der Waals surface area contributed by atoms with Crippen LogP contribution in [0.4, 0.5) is 18.9 Å². The van der Waals surface area contributed by atoms with Gasteiger partial charge in [0, 0.05) is 39.0 Å². The van der Waals surface area contributed by atoms with E-state index in [1.54, 1.807) is 6.20 Å². The van der Waals surface area contributed by atoms with Gasteiger partial charge in [-0.3, -0.25) is 4.79 Å². The highest BCUT2D eigenvalue weighted by Crippen LogP contribution is 2.45. The van der Waals surface area contributed by atoms with Gasteiger partial charge in [0.25, 0.3) is 0 Å². The van der Waals surface area contributed by atoms with Gasteiger partial charge in [0.2, 0.25) is 5.91 Å². The van der Waals surface area contributed by atoms with Crippen LogP contribution < -0.4 is 11.1 Å². The summed E-state index contributed by atoms with van der Waals surface area (Å²) in [6, 6.07) is 16.5. The monoisotopic (exact) mass is 467 g/mol. The first-order valence-electron chi connectivity index (χ1n) is 10.4. The Morgan fingerprint density at radius 3 is 2.67 bits per heavy atom. The molecule has 3 aromatic carbocycles. The van der Waals surface area contributed by atoms with Crippen molar-refractivity contribution in [1.82, 2.24) is 4.98 Å². The summed E-state index contributed by atoms with van der Waals surface area (Å²) in [6.45, 7) is 0. The molecule has 0 saturated heterocycles. The number of fused-ring (bicyclic) bond motifs is 3. The zero-order valence-corrected chi connectivity index (χ0v) is 18.2. The molecule has 0 fully saturated rings. The number of anilines is 1. The van der Waals surface area contributed by atoms with Gasteiger partial charge < -0.3 is 16.0 Å². The summed E-state index contributed by atoms with van der Waals surface area (Å²) >= 11 is 1.28. The number of alkyl halides is 3. The van der Waals surface area contributed by atoms with Gasteiger partial charge in [-0.15, -0.1) is 0 Å². The lowest BCUT2D eigenvalue weighted by atomic mass is 9.99. The Morgan fingerprint density at radius 2 is 1.85 bits per heavy atom. The third-order valence-electron chi connectivity index (χ3n) is 5.81. The summed E-state index contributed by atoms with van der Waals surface area (Å²) in [6.07, 6.45) is -2.03. The van der Waals surface area contributed by atoms with Crippen molar-refractivity contribution in [2.45, 2.75) is 34.9 Å². The first kappa shape index (κ1) is 21.6. The topological polar surface area (TPSA) is 70.9 Å². The van der Waals surface area contributed by atoms with Crippen LogP contribution >= 0.6 is 11.8 Å². The minimum atomic E-state index is -4.53. The maximum Gasteiger partial charge on any atom is 0.416 e. The molecule has 4 aromatic rings. The Morgan fingerprint density at radius 1 is 1.09 bits per heavy atom. The molecular weight excluding hydrogens is 447 g/mol. The first-order chi connectivity index (χ1) is 15.8. The highest BCUT2D eigenvalue weighted by molar-refractivity contribution is 7.99. The van der Waals surface area contributed by atoms with E-state index in [0.29, 0.717) is 16.9 Å². The van der Waals surface area contributed by atoms with Crippen molar-refractivity contribution in [2.24, 2.45) is 5.73 Å². The van der Waals surface area contributed by atoms with E-state index in [1.807, 2.05) is 48.5 Å². The fourth-order valence-corrected chi connectivity index (χ4v) is 5.25. The molecule has 1 unspecified atom stereocenters. The second kappa shape index (κ2) is 8.28. The largest absolute Gasteiger partial charge is 0.416 e. The molecular formula is C25H20F3N3OS. The molecule has 1 atom stereocenters. The van der Waals surface area contributed by atoms with Crippen LogP contribution in [0, 0.1) is 0 Å². The second-order valence-corrected chi connectivity index (χ2v) is 9.13. The minimum absolute atomic E-state index is 0.154. The number of rotatable bonds is 4. The number of aromatic amines is 1. The van der Waals surface area contributed by atoms with Crippen LogP contribution in [0.15, 0.2) is 76.7 Å². The maximum absolute atomic E-state index is 13.6. The van der Waals surface area contributed by atoms with Crippen LogP contribution in [0.25, 0.3) is 10.9 Å². The number of nitrogens with two attached hydrogens (primary N) is 1. The fraction of sp³-hybridized carbons (Fsp3) is 0.160. The van der Waals surface area contributed by atoms with E-state index >= 15 is 0 Å². The Labute approximate surface area is 192 Å². The molecule has 1 aromatic heterocycles. The molecule has 0 aliphatic carbocycles. The summed E-state index contributed by atoms with van der Waals surface area (Å²) in [5.41, 5.74) is 9.01. The lowest BCUT2D eigenvalue weighted by Crippen LogP contribution is -2.37. The van der Waals surface area contributed by atoms with E-state index in [4.69, 9.17) is 5.73 Å². The summed E-state index contributed by atoms with van der Waals surface area (Å²) in [5, 5.41) is 3.65.